The Kier molecular flexibility index (Phi) is 3.21. The van der Waals surface area contributed by atoms with E-state index in [1.54, 1.807) is 24.3 Å². The van der Waals surface area contributed by atoms with Crippen LogP contribution in [-0.2, 0) is 0 Å². The second kappa shape index (κ2) is 5.05. The van der Waals surface area contributed by atoms with Crippen LogP contribution < -0.4 is 10.5 Å². The summed E-state index contributed by atoms with van der Waals surface area (Å²) in [5, 5.41) is 0. The van der Waals surface area contributed by atoms with Crippen LogP contribution in [0.25, 0.3) is 16.7 Å². The van der Waals surface area contributed by atoms with Crippen LogP contribution in [0.5, 0.6) is 5.75 Å². The summed E-state index contributed by atoms with van der Waals surface area (Å²) in [4.78, 5) is 4.06. The maximum Gasteiger partial charge on any atom is 0.206 e. The van der Waals surface area contributed by atoms with E-state index < -0.39 is 11.6 Å². The lowest BCUT2D eigenvalue weighted by atomic mass is 10.2. The molecular formula is C15H13F2N3O. The summed E-state index contributed by atoms with van der Waals surface area (Å²) in [6, 6.07) is 9.38. The van der Waals surface area contributed by atoms with Crippen molar-refractivity contribution in [2.75, 3.05) is 12.3 Å². The fraction of sp³-hybridized carbons (Fsp3) is 0.133. The summed E-state index contributed by atoms with van der Waals surface area (Å²) in [7, 11) is 0. The fourth-order valence-corrected chi connectivity index (χ4v) is 2.26. The Bertz CT molecular complexity index is 814. The minimum Gasteiger partial charge on any atom is -0.494 e. The second-order valence-electron chi connectivity index (χ2n) is 4.46. The number of nitrogens with two attached hydrogens (primary N) is 1. The molecule has 1 heterocycles. The smallest absolute Gasteiger partial charge is 0.206 e. The number of nitrogens with zero attached hydrogens (tertiary/aromatic N) is 2. The van der Waals surface area contributed by atoms with Crippen LogP contribution >= 0.6 is 0 Å². The third-order valence-corrected chi connectivity index (χ3v) is 3.12. The molecule has 0 radical (unpaired) electrons. The number of hydrogen-bond acceptors (Lipinski definition) is 3. The SMILES string of the molecule is CCOc1cccc(-n2c(N)nc3ccc(F)c(F)c32)c1. The zero-order valence-corrected chi connectivity index (χ0v) is 11.3. The van der Waals surface area contributed by atoms with Crippen LogP contribution in [0.15, 0.2) is 36.4 Å². The van der Waals surface area contributed by atoms with Crippen molar-refractivity contribution in [1.29, 1.82) is 0 Å². The van der Waals surface area contributed by atoms with E-state index in [0.717, 1.165) is 6.07 Å². The van der Waals surface area contributed by atoms with Crippen LogP contribution in [0, 0.1) is 11.6 Å². The standard InChI is InChI=1S/C15H13F2N3O/c1-2-21-10-5-3-4-9(8-10)20-14-12(19-15(20)18)7-6-11(16)13(14)17/h3-8H,2H2,1H3,(H2,18,19). The van der Waals surface area contributed by atoms with E-state index in [-0.39, 0.29) is 11.5 Å². The molecule has 2 aromatic carbocycles. The van der Waals surface area contributed by atoms with Gasteiger partial charge in [-0.05, 0) is 31.2 Å². The molecule has 108 valence electrons. The first-order valence-electron chi connectivity index (χ1n) is 6.47. The number of fused-ring (bicyclic) bond motifs is 1. The predicted molar refractivity (Wildman–Crippen MR) is 76.6 cm³/mol. The minimum absolute atomic E-state index is 0.0150. The molecule has 0 saturated carbocycles. The molecule has 0 bridgehead atoms. The van der Waals surface area contributed by atoms with Gasteiger partial charge in [-0.1, -0.05) is 6.07 Å². The molecule has 0 saturated heterocycles. The Morgan fingerprint density at radius 3 is 2.81 bits per heavy atom. The summed E-state index contributed by atoms with van der Waals surface area (Å²) in [6.45, 7) is 2.37. The minimum atomic E-state index is -0.974. The molecule has 0 spiro atoms. The molecular weight excluding hydrogens is 276 g/mol. The second-order valence-corrected chi connectivity index (χ2v) is 4.46. The number of imidazole rings is 1. The Morgan fingerprint density at radius 2 is 2.05 bits per heavy atom. The van der Waals surface area contributed by atoms with E-state index in [1.165, 1.54) is 10.6 Å². The summed E-state index contributed by atoms with van der Waals surface area (Å²) < 4.78 is 34.3. The Labute approximate surface area is 119 Å². The number of nitrogen functional groups attached to an aromatic ring is 1. The average molecular weight is 289 g/mol. The van der Waals surface area contributed by atoms with Crippen LogP contribution in [0.1, 0.15) is 6.92 Å². The summed E-state index contributed by atoms with van der Waals surface area (Å²) in [5.41, 5.74) is 6.73. The molecule has 0 fully saturated rings. The highest BCUT2D eigenvalue weighted by atomic mass is 19.2. The van der Waals surface area contributed by atoms with Crippen molar-refractivity contribution in [2.24, 2.45) is 0 Å². The van der Waals surface area contributed by atoms with Gasteiger partial charge in [0.2, 0.25) is 5.95 Å². The van der Waals surface area contributed by atoms with Crippen LogP contribution in [0.3, 0.4) is 0 Å². The van der Waals surface area contributed by atoms with Gasteiger partial charge in [-0.2, -0.15) is 0 Å². The van der Waals surface area contributed by atoms with Gasteiger partial charge in [0.15, 0.2) is 11.6 Å². The molecule has 0 aliphatic heterocycles. The topological polar surface area (TPSA) is 53.1 Å². The van der Waals surface area contributed by atoms with E-state index in [4.69, 9.17) is 10.5 Å². The van der Waals surface area contributed by atoms with Crippen molar-refractivity contribution in [3.05, 3.63) is 48.0 Å². The number of aromatic nitrogens is 2. The van der Waals surface area contributed by atoms with Crippen molar-refractivity contribution in [2.45, 2.75) is 6.92 Å². The largest absolute Gasteiger partial charge is 0.494 e. The Hall–Kier alpha value is -2.63. The summed E-state index contributed by atoms with van der Waals surface area (Å²) in [5.74, 6) is -1.21. The number of ether oxygens (including phenoxy) is 1. The first kappa shape index (κ1) is 13.4. The fourth-order valence-electron chi connectivity index (χ4n) is 2.26. The van der Waals surface area contributed by atoms with Crippen LogP contribution in [0.2, 0.25) is 0 Å². The highest BCUT2D eigenvalue weighted by Gasteiger charge is 2.17. The lowest BCUT2D eigenvalue weighted by Gasteiger charge is -2.09. The number of rotatable bonds is 3. The number of anilines is 1. The highest BCUT2D eigenvalue weighted by Crippen LogP contribution is 2.28. The normalized spacial score (nSPS) is 11.0. The number of hydrogen-bond donors (Lipinski definition) is 1. The summed E-state index contributed by atoms with van der Waals surface area (Å²) >= 11 is 0. The number of halogens is 2. The first-order chi connectivity index (χ1) is 10.1. The van der Waals surface area contributed by atoms with Gasteiger partial charge in [-0.25, -0.2) is 13.8 Å². The van der Waals surface area contributed by atoms with Crippen molar-refractivity contribution < 1.29 is 13.5 Å². The molecule has 3 rings (SSSR count). The molecule has 0 amide bonds. The predicted octanol–water partition coefficient (Wildman–Crippen LogP) is 3.28. The highest BCUT2D eigenvalue weighted by molar-refractivity contribution is 5.81. The Balaban J connectivity index is 2.27. The maximum absolute atomic E-state index is 14.1. The molecule has 2 N–H and O–H groups in total. The van der Waals surface area contributed by atoms with E-state index in [1.807, 2.05) is 6.92 Å². The van der Waals surface area contributed by atoms with Crippen molar-refractivity contribution in [3.63, 3.8) is 0 Å². The van der Waals surface area contributed by atoms with Crippen molar-refractivity contribution in [3.8, 4) is 11.4 Å². The van der Waals surface area contributed by atoms with Gasteiger partial charge in [0, 0.05) is 6.07 Å². The van der Waals surface area contributed by atoms with E-state index in [2.05, 4.69) is 4.98 Å². The lowest BCUT2D eigenvalue weighted by molar-refractivity contribution is 0.340. The van der Waals surface area contributed by atoms with Crippen LogP contribution in [-0.4, -0.2) is 16.2 Å². The van der Waals surface area contributed by atoms with E-state index >= 15 is 0 Å². The van der Waals surface area contributed by atoms with Crippen LogP contribution in [0.4, 0.5) is 14.7 Å². The molecule has 0 aliphatic rings. The van der Waals surface area contributed by atoms with Gasteiger partial charge in [0.25, 0.3) is 0 Å². The molecule has 3 aromatic rings. The van der Waals surface area contributed by atoms with Gasteiger partial charge in [-0.3, -0.25) is 4.57 Å². The quantitative estimate of drug-likeness (QED) is 0.805. The van der Waals surface area contributed by atoms with Gasteiger partial charge >= 0.3 is 0 Å². The molecule has 4 nitrogen and oxygen atoms in total. The van der Waals surface area contributed by atoms with Gasteiger partial charge in [0.1, 0.15) is 11.3 Å². The number of benzene rings is 2. The molecule has 0 unspecified atom stereocenters. The summed E-state index contributed by atoms with van der Waals surface area (Å²) in [6.07, 6.45) is 0. The maximum atomic E-state index is 14.1. The van der Waals surface area contributed by atoms with Gasteiger partial charge < -0.3 is 10.5 Å². The monoisotopic (exact) mass is 289 g/mol. The molecule has 6 heteroatoms. The zero-order valence-electron chi connectivity index (χ0n) is 11.3. The van der Waals surface area contributed by atoms with E-state index in [0.29, 0.717) is 23.6 Å². The van der Waals surface area contributed by atoms with Crippen molar-refractivity contribution >= 4 is 17.0 Å². The average Bonchev–Trinajstić information content (AvgIpc) is 2.81. The van der Waals surface area contributed by atoms with Gasteiger partial charge in [0.05, 0.1) is 17.8 Å². The third-order valence-electron chi connectivity index (χ3n) is 3.12. The third kappa shape index (κ3) is 2.18. The zero-order chi connectivity index (χ0) is 15.0. The van der Waals surface area contributed by atoms with Crippen molar-refractivity contribution in [1.82, 2.24) is 9.55 Å². The Morgan fingerprint density at radius 1 is 1.24 bits per heavy atom. The molecule has 0 atom stereocenters. The lowest BCUT2D eigenvalue weighted by Crippen LogP contribution is -2.03. The molecule has 0 aliphatic carbocycles. The van der Waals surface area contributed by atoms with E-state index in [9.17, 15) is 8.78 Å². The molecule has 1 aromatic heterocycles. The first-order valence-corrected chi connectivity index (χ1v) is 6.47. The molecule has 21 heavy (non-hydrogen) atoms. The van der Waals surface area contributed by atoms with Gasteiger partial charge in [-0.15, -0.1) is 0 Å².